The van der Waals surface area contributed by atoms with Gasteiger partial charge in [0.15, 0.2) is 0 Å². The highest BCUT2D eigenvalue weighted by molar-refractivity contribution is 6.04. The van der Waals surface area contributed by atoms with Crippen LogP contribution in [0, 0.1) is 11.3 Å². The van der Waals surface area contributed by atoms with E-state index in [2.05, 4.69) is 5.32 Å². The van der Waals surface area contributed by atoms with Gasteiger partial charge in [0.1, 0.15) is 0 Å². The summed E-state index contributed by atoms with van der Waals surface area (Å²) in [5.41, 5.74) is 2.63. The fourth-order valence-corrected chi connectivity index (χ4v) is 2.72. The molecule has 2 amide bonds. The number of amides is 2. The SMILES string of the molecule is N#Cc1cccc(NC(=O)c2ccc(CN3CCCC3=O)cc2)c1. The van der Waals surface area contributed by atoms with Gasteiger partial charge in [0.2, 0.25) is 5.91 Å². The topological polar surface area (TPSA) is 73.2 Å². The molecule has 0 unspecified atom stereocenters. The van der Waals surface area contributed by atoms with Crippen LogP contribution in [-0.2, 0) is 11.3 Å². The van der Waals surface area contributed by atoms with Gasteiger partial charge < -0.3 is 10.2 Å². The fourth-order valence-electron chi connectivity index (χ4n) is 2.72. The van der Waals surface area contributed by atoms with Gasteiger partial charge >= 0.3 is 0 Å². The van der Waals surface area contributed by atoms with E-state index in [-0.39, 0.29) is 11.8 Å². The Morgan fingerprint density at radius 1 is 1.21 bits per heavy atom. The number of rotatable bonds is 4. The molecule has 3 rings (SSSR count). The molecule has 0 bridgehead atoms. The molecule has 0 saturated carbocycles. The first-order valence-corrected chi connectivity index (χ1v) is 7.84. The summed E-state index contributed by atoms with van der Waals surface area (Å²) in [4.78, 5) is 25.7. The molecule has 0 aliphatic carbocycles. The molecule has 1 heterocycles. The monoisotopic (exact) mass is 319 g/mol. The largest absolute Gasteiger partial charge is 0.338 e. The van der Waals surface area contributed by atoms with Gasteiger partial charge in [0, 0.05) is 30.8 Å². The van der Waals surface area contributed by atoms with Crippen molar-refractivity contribution in [2.24, 2.45) is 0 Å². The number of hydrogen-bond acceptors (Lipinski definition) is 3. The zero-order chi connectivity index (χ0) is 16.9. The number of anilines is 1. The zero-order valence-corrected chi connectivity index (χ0v) is 13.2. The van der Waals surface area contributed by atoms with E-state index in [0.717, 1.165) is 18.5 Å². The van der Waals surface area contributed by atoms with Gasteiger partial charge in [-0.25, -0.2) is 0 Å². The summed E-state index contributed by atoms with van der Waals surface area (Å²) in [6.07, 6.45) is 1.54. The quantitative estimate of drug-likeness (QED) is 0.941. The lowest BCUT2D eigenvalue weighted by Gasteiger charge is -2.15. The Morgan fingerprint density at radius 2 is 2.00 bits per heavy atom. The lowest BCUT2D eigenvalue weighted by molar-refractivity contribution is -0.128. The van der Waals surface area contributed by atoms with Gasteiger partial charge in [-0.1, -0.05) is 18.2 Å². The van der Waals surface area contributed by atoms with Crippen LogP contribution in [-0.4, -0.2) is 23.3 Å². The summed E-state index contributed by atoms with van der Waals surface area (Å²) < 4.78 is 0. The number of nitrogens with one attached hydrogen (secondary N) is 1. The second-order valence-electron chi connectivity index (χ2n) is 5.76. The summed E-state index contributed by atoms with van der Waals surface area (Å²) in [5.74, 6) is -0.0388. The molecule has 0 radical (unpaired) electrons. The van der Waals surface area contributed by atoms with Crippen LogP contribution in [0.2, 0.25) is 0 Å². The van der Waals surface area contributed by atoms with Crippen molar-refractivity contribution in [3.63, 3.8) is 0 Å². The van der Waals surface area contributed by atoms with Crippen LogP contribution in [0.4, 0.5) is 5.69 Å². The number of carbonyl (C=O) groups excluding carboxylic acids is 2. The third-order valence-electron chi connectivity index (χ3n) is 4.01. The maximum absolute atomic E-state index is 12.3. The molecule has 1 aliphatic rings. The molecule has 0 aromatic heterocycles. The Bertz CT molecular complexity index is 806. The predicted molar refractivity (Wildman–Crippen MR) is 90.2 cm³/mol. The van der Waals surface area contributed by atoms with E-state index in [4.69, 9.17) is 5.26 Å². The molecule has 120 valence electrons. The molecule has 0 atom stereocenters. The molecule has 24 heavy (non-hydrogen) atoms. The van der Waals surface area contributed by atoms with E-state index in [9.17, 15) is 9.59 Å². The van der Waals surface area contributed by atoms with Crippen LogP contribution in [0.25, 0.3) is 0 Å². The number of carbonyl (C=O) groups is 2. The minimum Gasteiger partial charge on any atom is -0.338 e. The number of likely N-dealkylation sites (tertiary alicyclic amines) is 1. The second kappa shape index (κ2) is 6.97. The lowest BCUT2D eigenvalue weighted by atomic mass is 10.1. The van der Waals surface area contributed by atoms with Crippen LogP contribution < -0.4 is 5.32 Å². The highest BCUT2D eigenvalue weighted by Gasteiger charge is 2.19. The van der Waals surface area contributed by atoms with Gasteiger partial charge in [-0.05, 0) is 42.3 Å². The van der Waals surface area contributed by atoms with Crippen LogP contribution in [0.1, 0.15) is 34.3 Å². The van der Waals surface area contributed by atoms with Gasteiger partial charge in [-0.3, -0.25) is 9.59 Å². The van der Waals surface area contributed by atoms with E-state index in [1.807, 2.05) is 23.1 Å². The predicted octanol–water partition coefficient (Wildman–Crippen LogP) is 2.93. The highest BCUT2D eigenvalue weighted by Crippen LogP contribution is 2.16. The smallest absolute Gasteiger partial charge is 0.255 e. The molecule has 5 heteroatoms. The van der Waals surface area contributed by atoms with Crippen molar-refractivity contribution in [2.75, 3.05) is 11.9 Å². The van der Waals surface area contributed by atoms with Crippen molar-refractivity contribution in [3.05, 3.63) is 65.2 Å². The Labute approximate surface area is 140 Å². The minimum absolute atomic E-state index is 0.189. The Balaban J connectivity index is 1.65. The van der Waals surface area contributed by atoms with Gasteiger partial charge in [0.25, 0.3) is 5.91 Å². The van der Waals surface area contributed by atoms with Crippen molar-refractivity contribution in [1.29, 1.82) is 5.26 Å². The normalized spacial score (nSPS) is 13.6. The van der Waals surface area contributed by atoms with Gasteiger partial charge in [-0.15, -0.1) is 0 Å². The molecule has 2 aromatic carbocycles. The van der Waals surface area contributed by atoms with Crippen molar-refractivity contribution in [1.82, 2.24) is 4.90 Å². The van der Waals surface area contributed by atoms with Crippen LogP contribution in [0.15, 0.2) is 48.5 Å². The molecule has 2 aromatic rings. The van der Waals surface area contributed by atoms with E-state index in [0.29, 0.717) is 29.8 Å². The van der Waals surface area contributed by atoms with E-state index < -0.39 is 0 Å². The summed E-state index contributed by atoms with van der Waals surface area (Å²) >= 11 is 0. The number of nitriles is 1. The van der Waals surface area contributed by atoms with E-state index >= 15 is 0 Å². The maximum atomic E-state index is 12.3. The first-order chi connectivity index (χ1) is 11.7. The summed E-state index contributed by atoms with van der Waals surface area (Å²) in [6.45, 7) is 1.39. The summed E-state index contributed by atoms with van der Waals surface area (Å²) in [7, 11) is 0. The molecule has 1 N–H and O–H groups in total. The molecule has 5 nitrogen and oxygen atoms in total. The maximum Gasteiger partial charge on any atom is 0.255 e. The minimum atomic E-state index is -0.228. The number of hydrogen-bond donors (Lipinski definition) is 1. The van der Waals surface area contributed by atoms with Crippen molar-refractivity contribution < 1.29 is 9.59 Å². The Hall–Kier alpha value is -3.13. The summed E-state index contributed by atoms with van der Waals surface area (Å²) in [6, 6.07) is 16.1. The Morgan fingerprint density at radius 3 is 2.67 bits per heavy atom. The van der Waals surface area contributed by atoms with Gasteiger partial charge in [0.05, 0.1) is 11.6 Å². The molecular weight excluding hydrogens is 302 g/mol. The zero-order valence-electron chi connectivity index (χ0n) is 13.2. The standard InChI is InChI=1S/C19H17N3O2/c20-12-15-3-1-4-17(11-15)21-19(24)16-8-6-14(7-9-16)13-22-10-2-5-18(22)23/h1,3-4,6-9,11H,2,5,10,13H2,(H,21,24). The molecule has 1 aliphatic heterocycles. The molecule has 1 fully saturated rings. The van der Waals surface area contributed by atoms with Gasteiger partial charge in [-0.2, -0.15) is 5.26 Å². The summed E-state index contributed by atoms with van der Waals surface area (Å²) in [5, 5.41) is 11.7. The average Bonchev–Trinajstić information content (AvgIpc) is 3.00. The molecular formula is C19H17N3O2. The van der Waals surface area contributed by atoms with Crippen molar-refractivity contribution >= 4 is 17.5 Å². The van der Waals surface area contributed by atoms with Crippen LogP contribution in [0.5, 0.6) is 0 Å². The van der Waals surface area contributed by atoms with E-state index in [1.165, 1.54) is 0 Å². The van der Waals surface area contributed by atoms with E-state index in [1.54, 1.807) is 36.4 Å². The second-order valence-corrected chi connectivity index (χ2v) is 5.76. The Kier molecular flexibility index (Phi) is 4.57. The fraction of sp³-hybridized carbons (Fsp3) is 0.211. The first kappa shape index (κ1) is 15.8. The lowest BCUT2D eigenvalue weighted by Crippen LogP contribution is -2.23. The third kappa shape index (κ3) is 3.61. The number of nitrogens with zero attached hydrogens (tertiary/aromatic N) is 2. The van der Waals surface area contributed by atoms with Crippen LogP contribution >= 0.6 is 0 Å². The van der Waals surface area contributed by atoms with Crippen LogP contribution in [0.3, 0.4) is 0 Å². The molecule has 0 spiro atoms. The van der Waals surface area contributed by atoms with Crippen molar-refractivity contribution in [3.8, 4) is 6.07 Å². The van der Waals surface area contributed by atoms with Crippen molar-refractivity contribution in [2.45, 2.75) is 19.4 Å². The highest BCUT2D eigenvalue weighted by atomic mass is 16.2. The molecule has 1 saturated heterocycles. The first-order valence-electron chi connectivity index (χ1n) is 7.84. The average molecular weight is 319 g/mol. The third-order valence-corrected chi connectivity index (χ3v) is 4.01. The number of benzene rings is 2.